The Hall–Kier alpha value is -3.74. The maximum atomic E-state index is 14.1. The molecule has 0 radical (unpaired) electrons. The number of anilines is 1. The smallest absolute Gasteiger partial charge is 0.294 e. The van der Waals surface area contributed by atoms with E-state index in [1.807, 2.05) is 24.3 Å². The first-order chi connectivity index (χ1) is 17.6. The largest absolute Gasteiger partial charge is 0.493 e. The standard InChI is InChI=1S/C29H32N2O5/c1-34-24-13-6-12-23(27(24)35-2)26(28(32)30-21-10-3-4-11-21)31(29(33)25-14-7-17-36-25)22-16-15-19-8-5-9-20(19)18-22/h6-7,12-18,21,26H,3-5,8-11H2,1-2H3,(H,30,32). The highest BCUT2D eigenvalue weighted by atomic mass is 16.5. The first-order valence-corrected chi connectivity index (χ1v) is 12.6. The number of carbonyl (C=O) groups excluding carboxylic acids is 2. The number of amides is 2. The number of para-hydroxylation sites is 1. The first-order valence-electron chi connectivity index (χ1n) is 12.6. The minimum absolute atomic E-state index is 0.0807. The predicted molar refractivity (Wildman–Crippen MR) is 137 cm³/mol. The van der Waals surface area contributed by atoms with Gasteiger partial charge in [0.1, 0.15) is 6.04 Å². The van der Waals surface area contributed by atoms with Gasteiger partial charge in [-0.15, -0.1) is 0 Å². The molecular formula is C29H32N2O5. The van der Waals surface area contributed by atoms with Gasteiger partial charge in [0.2, 0.25) is 5.91 Å². The molecule has 0 spiro atoms. The van der Waals surface area contributed by atoms with Crippen LogP contribution in [0.25, 0.3) is 0 Å². The summed E-state index contributed by atoms with van der Waals surface area (Å²) in [6, 6.07) is 13.8. The average molecular weight is 489 g/mol. The average Bonchev–Trinajstić information content (AvgIpc) is 3.68. The summed E-state index contributed by atoms with van der Waals surface area (Å²) < 4.78 is 16.8. The number of ether oxygens (including phenoxy) is 2. The van der Waals surface area contributed by atoms with Crippen LogP contribution in [0.3, 0.4) is 0 Å². The van der Waals surface area contributed by atoms with Gasteiger partial charge in [-0.1, -0.05) is 31.0 Å². The van der Waals surface area contributed by atoms with Crippen molar-refractivity contribution in [3.63, 3.8) is 0 Å². The van der Waals surface area contributed by atoms with Crippen LogP contribution in [-0.4, -0.2) is 32.1 Å². The normalized spacial score (nSPS) is 15.8. The fraction of sp³-hybridized carbons (Fsp3) is 0.379. The Morgan fingerprint density at radius 2 is 1.78 bits per heavy atom. The third kappa shape index (κ3) is 4.57. The quantitative estimate of drug-likeness (QED) is 0.469. The number of hydrogen-bond acceptors (Lipinski definition) is 5. The summed E-state index contributed by atoms with van der Waals surface area (Å²) in [5, 5.41) is 3.21. The monoisotopic (exact) mass is 488 g/mol. The number of benzene rings is 2. The fourth-order valence-electron chi connectivity index (χ4n) is 5.49. The van der Waals surface area contributed by atoms with Crippen molar-refractivity contribution in [2.45, 2.75) is 57.0 Å². The molecule has 36 heavy (non-hydrogen) atoms. The Morgan fingerprint density at radius 3 is 2.50 bits per heavy atom. The second-order valence-electron chi connectivity index (χ2n) is 9.43. The Morgan fingerprint density at radius 1 is 0.972 bits per heavy atom. The molecule has 1 aromatic heterocycles. The van der Waals surface area contributed by atoms with Gasteiger partial charge in [0.15, 0.2) is 17.3 Å². The first kappa shape index (κ1) is 24.0. The molecule has 2 aliphatic rings. The molecule has 188 valence electrons. The summed E-state index contributed by atoms with van der Waals surface area (Å²) in [4.78, 5) is 29.6. The molecule has 1 fully saturated rings. The van der Waals surface area contributed by atoms with Crippen molar-refractivity contribution < 1.29 is 23.5 Å². The Labute approximate surface area is 211 Å². The van der Waals surface area contributed by atoms with Gasteiger partial charge in [-0.25, -0.2) is 0 Å². The van der Waals surface area contributed by atoms with Crippen molar-refractivity contribution >= 4 is 17.5 Å². The molecule has 7 heteroatoms. The lowest BCUT2D eigenvalue weighted by Crippen LogP contribution is -2.46. The molecule has 7 nitrogen and oxygen atoms in total. The van der Waals surface area contributed by atoms with Gasteiger partial charge < -0.3 is 19.2 Å². The molecule has 1 N–H and O–H groups in total. The third-order valence-electron chi connectivity index (χ3n) is 7.25. The number of rotatable bonds is 8. The number of fused-ring (bicyclic) bond motifs is 1. The minimum atomic E-state index is -0.993. The second-order valence-corrected chi connectivity index (χ2v) is 9.43. The van der Waals surface area contributed by atoms with E-state index in [0.717, 1.165) is 44.9 Å². The van der Waals surface area contributed by atoms with Gasteiger partial charge in [0.25, 0.3) is 5.91 Å². The van der Waals surface area contributed by atoms with E-state index < -0.39 is 11.9 Å². The van der Waals surface area contributed by atoms with Crippen LogP contribution in [0.2, 0.25) is 0 Å². The highest BCUT2D eigenvalue weighted by molar-refractivity contribution is 6.09. The molecule has 1 unspecified atom stereocenters. The molecule has 1 saturated carbocycles. The SMILES string of the molecule is COc1cccc(C(C(=O)NC2CCCC2)N(C(=O)c2ccco2)c2ccc3c(c2)CCC3)c1OC. The van der Waals surface area contributed by atoms with E-state index in [4.69, 9.17) is 13.9 Å². The summed E-state index contributed by atoms with van der Waals surface area (Å²) in [5.74, 6) is 0.428. The predicted octanol–water partition coefficient (Wildman–Crippen LogP) is 5.23. The highest BCUT2D eigenvalue weighted by Gasteiger charge is 2.38. The molecule has 0 bridgehead atoms. The van der Waals surface area contributed by atoms with Crippen LogP contribution in [0.5, 0.6) is 11.5 Å². The topological polar surface area (TPSA) is 81.0 Å². The summed E-state index contributed by atoms with van der Waals surface area (Å²) in [6.45, 7) is 0. The summed E-state index contributed by atoms with van der Waals surface area (Å²) in [6.07, 6.45) is 8.55. The van der Waals surface area contributed by atoms with Crippen molar-refractivity contribution in [1.82, 2.24) is 5.32 Å². The van der Waals surface area contributed by atoms with Gasteiger partial charge in [-0.05, 0) is 73.6 Å². The van der Waals surface area contributed by atoms with Crippen LogP contribution in [0.4, 0.5) is 5.69 Å². The molecule has 0 aliphatic heterocycles. The van der Waals surface area contributed by atoms with Gasteiger partial charge in [-0.2, -0.15) is 0 Å². The number of furan rings is 1. The Kier molecular flexibility index (Phi) is 6.98. The maximum absolute atomic E-state index is 14.1. The Bertz CT molecular complexity index is 1230. The lowest BCUT2D eigenvalue weighted by molar-refractivity contribution is -0.123. The van der Waals surface area contributed by atoms with E-state index in [1.54, 1.807) is 37.3 Å². The molecule has 2 amide bonds. The van der Waals surface area contributed by atoms with Crippen LogP contribution in [0.1, 0.15) is 65.4 Å². The lowest BCUT2D eigenvalue weighted by atomic mass is 9.99. The van der Waals surface area contributed by atoms with E-state index in [0.29, 0.717) is 22.7 Å². The number of methoxy groups -OCH3 is 2. The fourth-order valence-corrected chi connectivity index (χ4v) is 5.49. The van der Waals surface area contributed by atoms with Crippen molar-refractivity contribution in [3.8, 4) is 11.5 Å². The molecule has 2 aliphatic carbocycles. The molecule has 1 heterocycles. The van der Waals surface area contributed by atoms with E-state index in [2.05, 4.69) is 11.4 Å². The van der Waals surface area contributed by atoms with Crippen LogP contribution < -0.4 is 19.7 Å². The zero-order valence-corrected chi connectivity index (χ0v) is 20.8. The molecule has 5 rings (SSSR count). The van der Waals surface area contributed by atoms with Crippen molar-refractivity contribution in [2.75, 3.05) is 19.1 Å². The highest BCUT2D eigenvalue weighted by Crippen LogP contribution is 2.40. The van der Waals surface area contributed by atoms with Crippen molar-refractivity contribution in [3.05, 3.63) is 77.2 Å². The molecule has 2 aromatic carbocycles. The van der Waals surface area contributed by atoms with Crippen molar-refractivity contribution in [1.29, 1.82) is 0 Å². The van der Waals surface area contributed by atoms with E-state index in [1.165, 1.54) is 17.4 Å². The van der Waals surface area contributed by atoms with Crippen LogP contribution >= 0.6 is 0 Å². The molecular weight excluding hydrogens is 456 g/mol. The minimum Gasteiger partial charge on any atom is -0.493 e. The van der Waals surface area contributed by atoms with Crippen LogP contribution in [0, 0.1) is 0 Å². The third-order valence-corrected chi connectivity index (χ3v) is 7.25. The number of aryl methyl sites for hydroxylation is 2. The van der Waals surface area contributed by atoms with E-state index >= 15 is 0 Å². The van der Waals surface area contributed by atoms with E-state index in [9.17, 15) is 9.59 Å². The molecule has 3 aromatic rings. The Balaban J connectivity index is 1.67. The van der Waals surface area contributed by atoms with Gasteiger partial charge in [0.05, 0.1) is 20.5 Å². The van der Waals surface area contributed by atoms with Gasteiger partial charge in [-0.3, -0.25) is 14.5 Å². The summed E-state index contributed by atoms with van der Waals surface area (Å²) in [5.41, 5.74) is 3.69. The number of hydrogen-bond donors (Lipinski definition) is 1. The molecule has 0 saturated heterocycles. The van der Waals surface area contributed by atoms with E-state index in [-0.39, 0.29) is 17.7 Å². The number of nitrogens with zero attached hydrogens (tertiary/aromatic N) is 1. The zero-order valence-electron chi connectivity index (χ0n) is 20.8. The van der Waals surface area contributed by atoms with Gasteiger partial charge >= 0.3 is 0 Å². The van der Waals surface area contributed by atoms with Crippen LogP contribution in [0.15, 0.2) is 59.2 Å². The lowest BCUT2D eigenvalue weighted by Gasteiger charge is -2.33. The second kappa shape index (κ2) is 10.5. The number of carbonyl (C=O) groups is 2. The number of nitrogens with one attached hydrogen (secondary N) is 1. The maximum Gasteiger partial charge on any atom is 0.294 e. The zero-order chi connectivity index (χ0) is 25.1. The summed E-state index contributed by atoms with van der Waals surface area (Å²) in [7, 11) is 3.10. The molecule has 1 atom stereocenters. The van der Waals surface area contributed by atoms with Gasteiger partial charge in [0, 0.05) is 17.3 Å². The van der Waals surface area contributed by atoms with Crippen LogP contribution in [-0.2, 0) is 17.6 Å². The summed E-state index contributed by atoms with van der Waals surface area (Å²) >= 11 is 0. The van der Waals surface area contributed by atoms with Crippen molar-refractivity contribution in [2.24, 2.45) is 0 Å².